The first-order chi connectivity index (χ1) is 9.65. The van der Waals surface area contributed by atoms with Gasteiger partial charge in [0.15, 0.2) is 5.82 Å². The van der Waals surface area contributed by atoms with Crippen molar-refractivity contribution < 1.29 is 18.3 Å². The monoisotopic (exact) mass is 290 g/mol. The number of nitrogens with one attached hydrogen (secondary N) is 2. The van der Waals surface area contributed by atoms with E-state index in [1.165, 1.54) is 0 Å². The van der Waals surface area contributed by atoms with Gasteiger partial charge in [0.05, 0.1) is 6.61 Å². The molecule has 0 spiro atoms. The maximum absolute atomic E-state index is 11.9. The van der Waals surface area contributed by atoms with E-state index in [2.05, 4.69) is 20.6 Å². The second-order valence-electron chi connectivity index (χ2n) is 3.83. The fourth-order valence-electron chi connectivity index (χ4n) is 1.40. The molecule has 1 heterocycles. The van der Waals surface area contributed by atoms with Gasteiger partial charge < -0.3 is 20.1 Å². The fraction of sp³-hybridized carbons (Fsp3) is 0.667. The number of nitrogens with zero attached hydrogens (tertiary/aromatic N) is 2. The Kier molecular flexibility index (Phi) is 7.74. The number of halogens is 2. The molecule has 0 unspecified atom stereocenters. The van der Waals surface area contributed by atoms with Gasteiger partial charge in [0.2, 0.25) is 0 Å². The molecule has 2 N–H and O–H groups in total. The molecule has 20 heavy (non-hydrogen) atoms. The van der Waals surface area contributed by atoms with E-state index >= 15 is 0 Å². The quantitative estimate of drug-likeness (QED) is 0.640. The summed E-state index contributed by atoms with van der Waals surface area (Å²) in [4.78, 5) is 8.50. The van der Waals surface area contributed by atoms with Crippen molar-refractivity contribution in [1.29, 1.82) is 0 Å². The SMILES string of the molecule is CCOCc1nc(NC)cc(NCCOCC(F)F)n1. The van der Waals surface area contributed by atoms with Gasteiger partial charge in [0, 0.05) is 26.3 Å². The van der Waals surface area contributed by atoms with Crippen LogP contribution in [0.2, 0.25) is 0 Å². The zero-order valence-electron chi connectivity index (χ0n) is 11.7. The Morgan fingerprint density at radius 3 is 2.65 bits per heavy atom. The van der Waals surface area contributed by atoms with Crippen LogP contribution in [0.3, 0.4) is 0 Å². The van der Waals surface area contributed by atoms with Crippen molar-refractivity contribution in [3.63, 3.8) is 0 Å². The summed E-state index contributed by atoms with van der Waals surface area (Å²) in [5, 5.41) is 5.92. The number of rotatable bonds is 10. The third-order valence-electron chi connectivity index (χ3n) is 2.26. The molecule has 0 aliphatic carbocycles. The van der Waals surface area contributed by atoms with E-state index in [4.69, 9.17) is 9.47 Å². The van der Waals surface area contributed by atoms with E-state index < -0.39 is 13.0 Å². The normalized spacial score (nSPS) is 10.8. The number of ether oxygens (including phenoxy) is 2. The Labute approximate surface area is 116 Å². The van der Waals surface area contributed by atoms with Crippen molar-refractivity contribution in [2.75, 3.05) is 44.0 Å². The van der Waals surface area contributed by atoms with Gasteiger partial charge in [-0.15, -0.1) is 0 Å². The Balaban J connectivity index is 2.46. The highest BCUT2D eigenvalue weighted by Crippen LogP contribution is 2.11. The summed E-state index contributed by atoms with van der Waals surface area (Å²) >= 11 is 0. The van der Waals surface area contributed by atoms with Crippen LogP contribution in [0.25, 0.3) is 0 Å². The van der Waals surface area contributed by atoms with Crippen molar-refractivity contribution in [3.8, 4) is 0 Å². The van der Waals surface area contributed by atoms with Gasteiger partial charge >= 0.3 is 0 Å². The molecular formula is C12H20F2N4O2. The summed E-state index contributed by atoms with van der Waals surface area (Å²) in [7, 11) is 1.75. The Hall–Kier alpha value is -1.54. The standard InChI is InChI=1S/C12H20F2N4O2/c1-3-19-8-12-17-10(15-2)6-11(18-12)16-4-5-20-7-9(13)14/h6,9H,3-5,7-8H2,1-2H3,(H2,15,16,17,18). The summed E-state index contributed by atoms with van der Waals surface area (Å²) < 4.78 is 33.8. The molecule has 0 aliphatic rings. The number of hydrogen-bond donors (Lipinski definition) is 2. The van der Waals surface area contributed by atoms with Crippen LogP contribution in [0, 0.1) is 0 Å². The van der Waals surface area contributed by atoms with Gasteiger partial charge in [-0.2, -0.15) is 0 Å². The van der Waals surface area contributed by atoms with E-state index in [0.29, 0.717) is 37.2 Å². The van der Waals surface area contributed by atoms with Gasteiger partial charge in [-0.05, 0) is 6.92 Å². The average Bonchev–Trinajstić information content (AvgIpc) is 2.44. The number of hydrogen-bond acceptors (Lipinski definition) is 6. The lowest BCUT2D eigenvalue weighted by Crippen LogP contribution is -2.14. The lowest BCUT2D eigenvalue weighted by Gasteiger charge is -2.10. The molecule has 1 rings (SSSR count). The zero-order chi connectivity index (χ0) is 14.8. The molecule has 1 aromatic rings. The van der Waals surface area contributed by atoms with E-state index in [9.17, 15) is 8.78 Å². The maximum atomic E-state index is 11.9. The molecule has 0 aromatic carbocycles. The molecule has 0 atom stereocenters. The maximum Gasteiger partial charge on any atom is 0.261 e. The predicted molar refractivity (Wildman–Crippen MR) is 72.2 cm³/mol. The molecule has 1 aromatic heterocycles. The van der Waals surface area contributed by atoms with E-state index in [1.807, 2.05) is 6.92 Å². The molecule has 8 heteroatoms. The molecule has 0 amide bonds. The van der Waals surface area contributed by atoms with Gasteiger partial charge in [0.1, 0.15) is 24.8 Å². The van der Waals surface area contributed by atoms with Gasteiger partial charge in [0.25, 0.3) is 6.43 Å². The van der Waals surface area contributed by atoms with E-state index in [1.54, 1.807) is 13.1 Å². The first-order valence-electron chi connectivity index (χ1n) is 6.39. The lowest BCUT2D eigenvalue weighted by atomic mass is 10.4. The minimum atomic E-state index is -2.44. The van der Waals surface area contributed by atoms with Crippen LogP contribution >= 0.6 is 0 Å². The Morgan fingerprint density at radius 1 is 1.25 bits per heavy atom. The van der Waals surface area contributed by atoms with E-state index in [-0.39, 0.29) is 6.61 Å². The lowest BCUT2D eigenvalue weighted by molar-refractivity contribution is 0.0214. The third kappa shape index (κ3) is 6.58. The van der Waals surface area contributed by atoms with Crippen LogP contribution in [0.4, 0.5) is 20.4 Å². The summed E-state index contributed by atoms with van der Waals surface area (Å²) in [6.07, 6.45) is -2.44. The van der Waals surface area contributed by atoms with Gasteiger partial charge in [-0.3, -0.25) is 0 Å². The first kappa shape index (κ1) is 16.5. The van der Waals surface area contributed by atoms with Crippen molar-refractivity contribution in [2.24, 2.45) is 0 Å². The van der Waals surface area contributed by atoms with Crippen LogP contribution in [0.15, 0.2) is 6.07 Å². The average molecular weight is 290 g/mol. The summed E-state index contributed by atoms with van der Waals surface area (Å²) in [5.74, 6) is 1.81. The molecule has 0 saturated heterocycles. The highest BCUT2D eigenvalue weighted by atomic mass is 19.3. The topological polar surface area (TPSA) is 68.3 Å². The molecule has 0 saturated carbocycles. The van der Waals surface area contributed by atoms with Crippen LogP contribution in [-0.4, -0.2) is 49.8 Å². The van der Waals surface area contributed by atoms with Crippen LogP contribution in [-0.2, 0) is 16.1 Å². The zero-order valence-corrected chi connectivity index (χ0v) is 11.7. The van der Waals surface area contributed by atoms with Gasteiger partial charge in [-0.1, -0.05) is 0 Å². The minimum absolute atomic E-state index is 0.185. The third-order valence-corrected chi connectivity index (χ3v) is 2.26. The van der Waals surface area contributed by atoms with Crippen LogP contribution in [0.1, 0.15) is 12.7 Å². The van der Waals surface area contributed by atoms with Gasteiger partial charge in [-0.25, -0.2) is 18.7 Å². The molecule has 0 fully saturated rings. The van der Waals surface area contributed by atoms with Crippen LogP contribution < -0.4 is 10.6 Å². The minimum Gasteiger partial charge on any atom is -0.374 e. The molecule has 0 radical (unpaired) electrons. The molecular weight excluding hydrogens is 270 g/mol. The number of anilines is 2. The summed E-state index contributed by atoms with van der Waals surface area (Å²) in [6, 6.07) is 1.72. The highest BCUT2D eigenvalue weighted by Gasteiger charge is 2.05. The van der Waals surface area contributed by atoms with E-state index in [0.717, 1.165) is 0 Å². The second kappa shape index (κ2) is 9.38. The Morgan fingerprint density at radius 2 is 2.00 bits per heavy atom. The number of alkyl halides is 2. The molecule has 114 valence electrons. The number of aromatic nitrogens is 2. The summed E-state index contributed by atoms with van der Waals surface area (Å²) in [6.45, 7) is 2.81. The van der Waals surface area contributed by atoms with Crippen molar-refractivity contribution in [2.45, 2.75) is 20.0 Å². The predicted octanol–water partition coefficient (Wildman–Crippen LogP) is 1.75. The Bertz CT molecular complexity index is 394. The van der Waals surface area contributed by atoms with Crippen molar-refractivity contribution in [3.05, 3.63) is 11.9 Å². The van der Waals surface area contributed by atoms with Crippen LogP contribution in [0.5, 0.6) is 0 Å². The van der Waals surface area contributed by atoms with Crippen molar-refractivity contribution in [1.82, 2.24) is 9.97 Å². The molecule has 0 aliphatic heterocycles. The smallest absolute Gasteiger partial charge is 0.261 e. The van der Waals surface area contributed by atoms with Crippen molar-refractivity contribution >= 4 is 11.6 Å². The first-order valence-corrected chi connectivity index (χ1v) is 6.39. The molecule has 6 nitrogen and oxygen atoms in total. The largest absolute Gasteiger partial charge is 0.374 e. The highest BCUT2D eigenvalue weighted by molar-refractivity contribution is 5.47. The fourth-order valence-corrected chi connectivity index (χ4v) is 1.40. The second-order valence-corrected chi connectivity index (χ2v) is 3.83. The summed E-state index contributed by atoms with van der Waals surface area (Å²) in [5.41, 5.74) is 0. The molecule has 0 bridgehead atoms.